The number of methoxy groups -OCH3 is 1. The molecular formula is C14H21NO4. The van der Waals surface area contributed by atoms with Gasteiger partial charge in [-0.1, -0.05) is 19.1 Å². The van der Waals surface area contributed by atoms with Crippen LogP contribution in [0.3, 0.4) is 0 Å². The summed E-state index contributed by atoms with van der Waals surface area (Å²) in [6.45, 7) is 2.11. The molecule has 1 amide bonds. The van der Waals surface area contributed by atoms with Crippen LogP contribution in [-0.4, -0.2) is 44.0 Å². The number of ether oxygens (including phenoxy) is 2. The second-order valence-corrected chi connectivity index (χ2v) is 4.19. The highest BCUT2D eigenvalue weighted by molar-refractivity contribution is 5.77. The van der Waals surface area contributed by atoms with E-state index in [1.165, 1.54) is 12.7 Å². The Bertz CT molecular complexity index is 378. The van der Waals surface area contributed by atoms with Crippen molar-refractivity contribution in [3.63, 3.8) is 0 Å². The van der Waals surface area contributed by atoms with E-state index in [1.807, 2.05) is 24.3 Å². The van der Waals surface area contributed by atoms with Gasteiger partial charge in [0, 0.05) is 7.11 Å². The normalized spacial score (nSPS) is 11.9. The van der Waals surface area contributed by atoms with E-state index < -0.39 is 6.04 Å². The molecule has 0 aromatic heterocycles. The van der Waals surface area contributed by atoms with Crippen molar-refractivity contribution in [1.29, 1.82) is 0 Å². The molecule has 0 fully saturated rings. The first-order valence-electron chi connectivity index (χ1n) is 6.30. The van der Waals surface area contributed by atoms with Crippen LogP contribution in [0.25, 0.3) is 0 Å². The number of rotatable bonds is 8. The van der Waals surface area contributed by atoms with Crippen molar-refractivity contribution >= 4 is 5.91 Å². The number of aliphatic hydroxyl groups excluding tert-OH is 1. The molecule has 0 spiro atoms. The van der Waals surface area contributed by atoms with Crippen molar-refractivity contribution in [2.75, 3.05) is 26.9 Å². The molecule has 0 aliphatic carbocycles. The van der Waals surface area contributed by atoms with Crippen LogP contribution in [-0.2, 0) is 16.0 Å². The molecule has 5 nitrogen and oxygen atoms in total. The number of aliphatic hydroxyl groups is 1. The van der Waals surface area contributed by atoms with E-state index >= 15 is 0 Å². The van der Waals surface area contributed by atoms with Gasteiger partial charge in [-0.15, -0.1) is 0 Å². The average Bonchev–Trinajstić information content (AvgIpc) is 2.45. The lowest BCUT2D eigenvalue weighted by molar-refractivity contribution is -0.124. The zero-order valence-electron chi connectivity index (χ0n) is 11.4. The Hall–Kier alpha value is -1.59. The quantitative estimate of drug-likeness (QED) is 0.729. The summed E-state index contributed by atoms with van der Waals surface area (Å²) in [6.07, 6.45) is 0.968. The van der Waals surface area contributed by atoms with Crippen molar-refractivity contribution in [3.8, 4) is 5.75 Å². The molecule has 0 aliphatic heterocycles. The Morgan fingerprint density at radius 3 is 2.58 bits per heavy atom. The van der Waals surface area contributed by atoms with Gasteiger partial charge in [-0.2, -0.15) is 0 Å². The molecule has 0 aliphatic rings. The van der Waals surface area contributed by atoms with Crippen molar-refractivity contribution < 1.29 is 19.4 Å². The van der Waals surface area contributed by atoms with Gasteiger partial charge >= 0.3 is 0 Å². The average molecular weight is 267 g/mol. The molecule has 1 rings (SSSR count). The largest absolute Gasteiger partial charge is 0.484 e. The van der Waals surface area contributed by atoms with E-state index in [0.29, 0.717) is 5.75 Å². The van der Waals surface area contributed by atoms with Crippen molar-refractivity contribution in [3.05, 3.63) is 29.8 Å². The molecule has 1 atom stereocenters. The standard InChI is InChI=1S/C14H21NO4/c1-3-11-4-6-13(7-5-11)19-10-14(17)15-12(8-16)9-18-2/h4-7,12,16H,3,8-10H2,1-2H3,(H,15,17). The minimum Gasteiger partial charge on any atom is -0.484 e. The molecule has 19 heavy (non-hydrogen) atoms. The minimum absolute atomic E-state index is 0.0777. The lowest BCUT2D eigenvalue weighted by Gasteiger charge is -2.15. The first-order chi connectivity index (χ1) is 9.19. The molecule has 1 unspecified atom stereocenters. The Morgan fingerprint density at radius 1 is 1.37 bits per heavy atom. The highest BCUT2D eigenvalue weighted by atomic mass is 16.5. The number of hydrogen-bond donors (Lipinski definition) is 2. The van der Waals surface area contributed by atoms with Gasteiger partial charge in [0.15, 0.2) is 6.61 Å². The molecule has 1 aromatic carbocycles. The fourth-order valence-electron chi connectivity index (χ4n) is 1.58. The van der Waals surface area contributed by atoms with Gasteiger partial charge in [-0.05, 0) is 24.1 Å². The third kappa shape index (κ3) is 5.72. The summed E-state index contributed by atoms with van der Waals surface area (Å²) in [5, 5.41) is 11.6. The SMILES string of the molecule is CCc1ccc(OCC(=O)NC(CO)COC)cc1. The highest BCUT2D eigenvalue weighted by Gasteiger charge is 2.11. The van der Waals surface area contributed by atoms with Crippen LogP contribution in [0.2, 0.25) is 0 Å². The summed E-state index contributed by atoms with van der Waals surface area (Å²) in [4.78, 5) is 11.6. The van der Waals surface area contributed by atoms with Crippen molar-refractivity contribution in [1.82, 2.24) is 5.32 Å². The monoisotopic (exact) mass is 267 g/mol. The molecule has 106 valence electrons. The Kier molecular flexibility index (Phi) is 6.92. The van der Waals surface area contributed by atoms with Gasteiger partial charge in [0.2, 0.25) is 0 Å². The molecule has 0 bridgehead atoms. The number of carbonyl (C=O) groups is 1. The second-order valence-electron chi connectivity index (χ2n) is 4.19. The van der Waals surface area contributed by atoms with Gasteiger partial charge in [0.1, 0.15) is 5.75 Å². The van der Waals surface area contributed by atoms with Crippen LogP contribution < -0.4 is 10.1 Å². The third-order valence-electron chi connectivity index (χ3n) is 2.65. The van der Waals surface area contributed by atoms with E-state index in [0.717, 1.165) is 6.42 Å². The summed E-state index contributed by atoms with van der Waals surface area (Å²) >= 11 is 0. The number of hydrogen-bond acceptors (Lipinski definition) is 4. The van der Waals surface area contributed by atoms with Crippen molar-refractivity contribution in [2.45, 2.75) is 19.4 Å². The highest BCUT2D eigenvalue weighted by Crippen LogP contribution is 2.12. The van der Waals surface area contributed by atoms with Gasteiger partial charge in [0.05, 0.1) is 19.3 Å². The number of nitrogens with one attached hydrogen (secondary N) is 1. The maximum absolute atomic E-state index is 11.6. The third-order valence-corrected chi connectivity index (χ3v) is 2.65. The Balaban J connectivity index is 2.36. The molecule has 0 radical (unpaired) electrons. The first-order valence-corrected chi connectivity index (χ1v) is 6.30. The molecule has 1 aromatic rings. The van der Waals surface area contributed by atoms with Gasteiger partial charge in [-0.25, -0.2) is 0 Å². The fourth-order valence-corrected chi connectivity index (χ4v) is 1.58. The van der Waals surface area contributed by atoms with E-state index in [9.17, 15) is 4.79 Å². The summed E-state index contributed by atoms with van der Waals surface area (Å²) in [6, 6.07) is 7.21. The summed E-state index contributed by atoms with van der Waals surface area (Å²) < 4.78 is 10.2. The maximum Gasteiger partial charge on any atom is 0.258 e. The van der Waals surface area contributed by atoms with E-state index in [2.05, 4.69) is 12.2 Å². The smallest absolute Gasteiger partial charge is 0.258 e. The van der Waals surface area contributed by atoms with Crippen LogP contribution >= 0.6 is 0 Å². The number of benzene rings is 1. The molecule has 0 saturated carbocycles. The lowest BCUT2D eigenvalue weighted by Crippen LogP contribution is -2.42. The molecule has 0 heterocycles. The van der Waals surface area contributed by atoms with E-state index in [4.69, 9.17) is 14.6 Å². The minimum atomic E-state index is -0.399. The predicted molar refractivity (Wildman–Crippen MR) is 72.2 cm³/mol. The number of carbonyl (C=O) groups excluding carboxylic acids is 1. The zero-order chi connectivity index (χ0) is 14.1. The molecule has 0 saturated heterocycles. The Morgan fingerprint density at radius 2 is 2.05 bits per heavy atom. The number of aryl methyl sites for hydroxylation is 1. The zero-order valence-corrected chi connectivity index (χ0v) is 11.4. The maximum atomic E-state index is 11.6. The first kappa shape index (κ1) is 15.5. The van der Waals surface area contributed by atoms with Gasteiger partial charge < -0.3 is 19.9 Å². The van der Waals surface area contributed by atoms with Gasteiger partial charge in [0.25, 0.3) is 5.91 Å². The van der Waals surface area contributed by atoms with E-state index in [-0.39, 0.29) is 25.7 Å². The summed E-state index contributed by atoms with van der Waals surface area (Å²) in [5.41, 5.74) is 1.22. The molecule has 5 heteroatoms. The molecular weight excluding hydrogens is 246 g/mol. The number of amides is 1. The lowest BCUT2D eigenvalue weighted by atomic mass is 10.2. The van der Waals surface area contributed by atoms with Crippen LogP contribution in [0.15, 0.2) is 24.3 Å². The summed E-state index contributed by atoms with van der Waals surface area (Å²) in [5.74, 6) is 0.371. The predicted octanol–water partition coefficient (Wildman–Crippen LogP) is 0.751. The van der Waals surface area contributed by atoms with Gasteiger partial charge in [-0.3, -0.25) is 4.79 Å². The van der Waals surface area contributed by atoms with Crippen molar-refractivity contribution in [2.24, 2.45) is 0 Å². The van der Waals surface area contributed by atoms with Crippen LogP contribution in [0.4, 0.5) is 0 Å². The topological polar surface area (TPSA) is 67.8 Å². The fraction of sp³-hybridized carbons (Fsp3) is 0.500. The summed E-state index contributed by atoms with van der Waals surface area (Å²) in [7, 11) is 1.51. The Labute approximate surface area is 113 Å². The van der Waals surface area contributed by atoms with E-state index in [1.54, 1.807) is 0 Å². The second kappa shape index (κ2) is 8.50. The molecule has 2 N–H and O–H groups in total. The van der Waals surface area contributed by atoms with Crippen LogP contribution in [0.5, 0.6) is 5.75 Å². The van der Waals surface area contributed by atoms with Crippen LogP contribution in [0, 0.1) is 0 Å². The van der Waals surface area contributed by atoms with Crippen LogP contribution in [0.1, 0.15) is 12.5 Å².